The number of hydrogen-bond donors (Lipinski definition) is 0. The molecule has 8 heterocycles. The lowest BCUT2D eigenvalue weighted by molar-refractivity contribution is -0.169. The van der Waals surface area contributed by atoms with Crippen molar-refractivity contribution in [2.45, 2.75) is 80.8 Å². The SMILES string of the molecule is CC=C1CN2CCC34C5=CC(=O)C(c6cc7c(cc6OC)N(C)C6C8CC9C(C(=O)OC)C76CCN8CC96OC6C)=CC5=NC23CCC1C4C(=O)OC. The molecule has 278 valence electrons. The minimum Gasteiger partial charge on any atom is -0.496 e. The second-order valence-corrected chi connectivity index (χ2v) is 17.5. The number of rotatable bonds is 4. The van der Waals surface area contributed by atoms with Gasteiger partial charge in [0.05, 0.1) is 56.4 Å². The Labute approximate surface area is 310 Å². The quantitative estimate of drug-likeness (QED) is 0.198. The van der Waals surface area contributed by atoms with Crippen molar-refractivity contribution in [3.05, 3.63) is 52.6 Å². The Balaban J connectivity index is 1.08. The van der Waals surface area contributed by atoms with Gasteiger partial charge >= 0.3 is 11.9 Å². The summed E-state index contributed by atoms with van der Waals surface area (Å²) in [7, 11) is 6.80. The van der Waals surface area contributed by atoms with Crippen LogP contribution in [0, 0.1) is 29.1 Å². The molecule has 0 N–H and O–H groups in total. The van der Waals surface area contributed by atoms with Crippen LogP contribution in [0.4, 0.5) is 5.69 Å². The van der Waals surface area contributed by atoms with Crippen LogP contribution in [0.15, 0.2) is 46.5 Å². The predicted octanol–water partition coefficient (Wildman–Crippen LogP) is 3.70. The van der Waals surface area contributed by atoms with Crippen LogP contribution in [0.1, 0.15) is 57.1 Å². The number of allylic oxidation sites excluding steroid dienone is 4. The highest BCUT2D eigenvalue weighted by molar-refractivity contribution is 6.37. The number of fused-ring (bicyclic) bond motifs is 6. The summed E-state index contributed by atoms with van der Waals surface area (Å²) in [5, 5.41) is 0. The van der Waals surface area contributed by atoms with Crippen LogP contribution in [0.25, 0.3) is 5.57 Å². The van der Waals surface area contributed by atoms with E-state index in [2.05, 4.69) is 53.8 Å². The zero-order chi connectivity index (χ0) is 36.6. The Bertz CT molecular complexity index is 2070. The molecule has 12 rings (SSSR count). The highest BCUT2D eigenvalue weighted by Gasteiger charge is 2.77. The van der Waals surface area contributed by atoms with Crippen molar-refractivity contribution in [3.8, 4) is 5.75 Å². The summed E-state index contributed by atoms with van der Waals surface area (Å²) < 4.78 is 23.7. The Hall–Kier alpha value is -3.80. The van der Waals surface area contributed by atoms with E-state index >= 15 is 0 Å². The van der Waals surface area contributed by atoms with Gasteiger partial charge in [-0.1, -0.05) is 11.6 Å². The number of esters is 2. The van der Waals surface area contributed by atoms with E-state index in [0.717, 1.165) is 80.8 Å². The largest absolute Gasteiger partial charge is 0.496 e. The Morgan fingerprint density at radius 2 is 1.81 bits per heavy atom. The third-order valence-corrected chi connectivity index (χ3v) is 16.4. The minimum atomic E-state index is -0.628. The van der Waals surface area contributed by atoms with E-state index < -0.39 is 22.4 Å². The molecule has 11 nitrogen and oxygen atoms in total. The van der Waals surface area contributed by atoms with Gasteiger partial charge in [0.25, 0.3) is 0 Å². The first-order valence-electron chi connectivity index (χ1n) is 19.6. The van der Waals surface area contributed by atoms with Crippen LogP contribution >= 0.6 is 0 Å². The van der Waals surface area contributed by atoms with Gasteiger partial charge in [-0.25, -0.2) is 0 Å². The molecule has 12 unspecified atom stereocenters. The van der Waals surface area contributed by atoms with Gasteiger partial charge in [0.2, 0.25) is 0 Å². The summed E-state index contributed by atoms with van der Waals surface area (Å²) in [6.07, 6.45) is 10.2. The fourth-order valence-electron chi connectivity index (χ4n) is 14.4. The molecule has 1 aromatic rings. The van der Waals surface area contributed by atoms with Gasteiger partial charge in [-0.3, -0.25) is 29.2 Å². The lowest BCUT2D eigenvalue weighted by Gasteiger charge is -2.64. The van der Waals surface area contributed by atoms with Gasteiger partial charge in [-0.2, -0.15) is 0 Å². The first-order valence-corrected chi connectivity index (χ1v) is 19.6. The Kier molecular flexibility index (Phi) is 6.33. The van der Waals surface area contributed by atoms with Gasteiger partial charge in [0.1, 0.15) is 17.0 Å². The van der Waals surface area contributed by atoms with Crippen molar-refractivity contribution in [1.82, 2.24) is 9.80 Å². The topological polar surface area (TPSA) is 114 Å². The van der Waals surface area contributed by atoms with Crippen molar-refractivity contribution >= 4 is 34.7 Å². The smallest absolute Gasteiger partial charge is 0.310 e. The summed E-state index contributed by atoms with van der Waals surface area (Å²) in [4.78, 5) is 55.7. The molecule has 11 heteroatoms. The molecule has 11 aliphatic rings. The number of hydrogen-bond acceptors (Lipinski definition) is 11. The number of benzene rings is 1. The summed E-state index contributed by atoms with van der Waals surface area (Å²) in [5.41, 5.74) is 4.22. The Morgan fingerprint density at radius 1 is 1.04 bits per heavy atom. The molecular formula is C42H48N4O7. The number of aliphatic imine (C=N–C) groups is 1. The van der Waals surface area contributed by atoms with E-state index in [1.54, 1.807) is 13.2 Å². The number of ketones is 1. The number of likely N-dealkylation sites (N-methyl/N-ethyl adjacent to an activating group) is 1. The standard InChI is InChI=1S/C42H48N4O7/c1-7-22-19-46-13-11-40-26-17-32(47)24(15-29(26)43-42(40,46)9-8-23(22)34(40)37(48)51-5)25-14-27-30(18-33(25)50-4)44(3)36-31-16-28-35(38(49)52-6)39(27,36)10-12-45(31)20-41(28)21(2)53-41/h7,14-15,17-18,21,23,28,31,34-36H,8-13,16,19-20H2,1-6H3. The first kappa shape index (κ1) is 32.6. The van der Waals surface area contributed by atoms with E-state index in [-0.39, 0.29) is 59.3 Å². The number of carbonyl (C=O) groups excluding carboxylic acids is 3. The second kappa shape index (κ2) is 10.3. The highest BCUT2D eigenvalue weighted by atomic mass is 16.6. The molecule has 1 aromatic carbocycles. The van der Waals surface area contributed by atoms with E-state index in [0.29, 0.717) is 16.9 Å². The van der Waals surface area contributed by atoms with Crippen molar-refractivity contribution < 1.29 is 33.3 Å². The maximum Gasteiger partial charge on any atom is 0.310 e. The van der Waals surface area contributed by atoms with Crippen LogP contribution in [-0.4, -0.2) is 117 Å². The molecule has 12 atom stereocenters. The van der Waals surface area contributed by atoms with Crippen LogP contribution in [-0.2, 0) is 34.0 Å². The maximum atomic E-state index is 14.7. The van der Waals surface area contributed by atoms with Crippen LogP contribution < -0.4 is 9.64 Å². The van der Waals surface area contributed by atoms with E-state index in [9.17, 15) is 14.4 Å². The number of ether oxygens (including phenoxy) is 4. The third-order valence-electron chi connectivity index (χ3n) is 16.4. The van der Waals surface area contributed by atoms with E-state index in [4.69, 9.17) is 23.9 Å². The molecule has 8 fully saturated rings. The van der Waals surface area contributed by atoms with Gasteiger partial charge in [0.15, 0.2) is 5.78 Å². The lowest BCUT2D eigenvalue weighted by atomic mass is 9.48. The summed E-state index contributed by atoms with van der Waals surface area (Å²) in [6.45, 7) is 7.50. The molecule has 8 aliphatic heterocycles. The zero-order valence-electron chi connectivity index (χ0n) is 31.4. The first-order chi connectivity index (χ1) is 25.5. The Morgan fingerprint density at radius 3 is 2.53 bits per heavy atom. The average Bonchev–Trinajstić information content (AvgIpc) is 3.51. The van der Waals surface area contributed by atoms with Crippen molar-refractivity contribution in [1.29, 1.82) is 0 Å². The number of anilines is 1. The monoisotopic (exact) mass is 720 g/mol. The zero-order valence-corrected chi connectivity index (χ0v) is 31.4. The third kappa shape index (κ3) is 3.47. The van der Waals surface area contributed by atoms with Crippen LogP contribution in [0.2, 0.25) is 0 Å². The minimum absolute atomic E-state index is 0.0407. The number of nitrogens with zero attached hydrogens (tertiary/aromatic N) is 4. The fraction of sp³-hybridized carbons (Fsp3) is 0.619. The normalized spacial score (nSPS) is 45.5. The van der Waals surface area contributed by atoms with Crippen molar-refractivity contribution in [2.75, 3.05) is 59.5 Å². The summed E-state index contributed by atoms with van der Waals surface area (Å²) in [5.74, 6) is -0.583. The lowest BCUT2D eigenvalue weighted by Crippen LogP contribution is -2.76. The molecule has 0 aromatic heterocycles. The number of epoxide rings is 1. The fourth-order valence-corrected chi connectivity index (χ4v) is 14.4. The molecule has 53 heavy (non-hydrogen) atoms. The maximum absolute atomic E-state index is 14.7. The van der Waals surface area contributed by atoms with Gasteiger partial charge in [-0.05, 0) is 87.8 Å². The molecule has 0 amide bonds. The molecule has 0 radical (unpaired) electrons. The molecule has 2 saturated carbocycles. The van der Waals surface area contributed by atoms with Crippen molar-refractivity contribution in [3.63, 3.8) is 0 Å². The van der Waals surface area contributed by atoms with Gasteiger partial charge in [-0.15, -0.1) is 0 Å². The second-order valence-electron chi connectivity index (χ2n) is 17.5. The molecule has 7 bridgehead atoms. The van der Waals surface area contributed by atoms with Crippen LogP contribution in [0.5, 0.6) is 5.75 Å². The average molecular weight is 721 g/mol. The van der Waals surface area contributed by atoms with E-state index in [1.165, 1.54) is 19.8 Å². The van der Waals surface area contributed by atoms with Gasteiger partial charge in [0, 0.05) is 66.9 Å². The molecular weight excluding hydrogens is 672 g/mol. The van der Waals surface area contributed by atoms with Gasteiger partial charge < -0.3 is 23.8 Å². The van der Waals surface area contributed by atoms with Crippen molar-refractivity contribution in [2.24, 2.45) is 34.1 Å². The summed E-state index contributed by atoms with van der Waals surface area (Å²) >= 11 is 0. The number of carbonyl (C=O) groups is 3. The molecule has 2 spiro atoms. The number of piperidine rings is 2. The summed E-state index contributed by atoms with van der Waals surface area (Å²) in [6, 6.07) is 4.58. The van der Waals surface area contributed by atoms with Crippen LogP contribution in [0.3, 0.4) is 0 Å². The van der Waals surface area contributed by atoms with E-state index in [1.807, 2.05) is 6.08 Å². The molecule has 6 saturated heterocycles. The molecule has 3 aliphatic carbocycles. The highest BCUT2D eigenvalue weighted by Crippen LogP contribution is 2.71. The number of methoxy groups -OCH3 is 3. The predicted molar refractivity (Wildman–Crippen MR) is 196 cm³/mol.